The Balaban J connectivity index is 1.59. The minimum absolute atomic E-state index is 0.0715. The largest absolute Gasteiger partial charge is 0.391 e. The average molecular weight is 383 g/mol. The fourth-order valence-electron chi connectivity index (χ4n) is 2.97. The molecular formula is C22H17N5O2. The molecule has 0 unspecified atom stereocenters. The second-order valence-corrected chi connectivity index (χ2v) is 6.31. The van der Waals surface area contributed by atoms with Crippen molar-refractivity contribution >= 4 is 22.5 Å². The Labute approximate surface area is 167 Å². The van der Waals surface area contributed by atoms with Gasteiger partial charge in [-0.2, -0.15) is 5.26 Å². The molecule has 0 spiro atoms. The van der Waals surface area contributed by atoms with Gasteiger partial charge < -0.3 is 4.84 Å². The molecule has 2 heterocycles. The molecule has 2 aromatic carbocycles. The molecule has 142 valence electrons. The summed E-state index contributed by atoms with van der Waals surface area (Å²) in [6.45, 7) is 0.317. The van der Waals surface area contributed by atoms with Crippen LogP contribution in [0.2, 0.25) is 0 Å². The van der Waals surface area contributed by atoms with Gasteiger partial charge >= 0.3 is 0 Å². The van der Waals surface area contributed by atoms with E-state index in [2.05, 4.69) is 10.1 Å². The van der Waals surface area contributed by atoms with Gasteiger partial charge in [0.2, 0.25) is 0 Å². The van der Waals surface area contributed by atoms with E-state index in [1.807, 2.05) is 48.5 Å². The molecule has 4 rings (SSSR count). The number of nitrogens with zero attached hydrogens (tertiary/aromatic N) is 5. The number of hydrogen-bond acceptors (Lipinski definition) is 5. The number of benzene rings is 2. The number of amides is 1. The molecule has 1 amide bonds. The molecular weight excluding hydrogens is 366 g/mol. The van der Waals surface area contributed by atoms with Gasteiger partial charge in [0, 0.05) is 23.5 Å². The summed E-state index contributed by atoms with van der Waals surface area (Å²) in [6, 6.07) is 20.6. The van der Waals surface area contributed by atoms with E-state index in [9.17, 15) is 10.1 Å². The minimum Gasteiger partial charge on any atom is -0.391 e. The third kappa shape index (κ3) is 3.92. The molecule has 0 bridgehead atoms. The van der Waals surface area contributed by atoms with Gasteiger partial charge in [0.15, 0.2) is 0 Å². The van der Waals surface area contributed by atoms with Crippen LogP contribution in [0, 0.1) is 11.3 Å². The van der Waals surface area contributed by atoms with Crippen LogP contribution in [0.25, 0.3) is 10.9 Å². The van der Waals surface area contributed by atoms with Crippen LogP contribution in [0.5, 0.6) is 0 Å². The number of hydrogen-bond donors (Lipinski definition) is 0. The van der Waals surface area contributed by atoms with Gasteiger partial charge in [0.25, 0.3) is 5.91 Å². The van der Waals surface area contributed by atoms with E-state index in [4.69, 9.17) is 4.84 Å². The highest BCUT2D eigenvalue weighted by Crippen LogP contribution is 2.23. The van der Waals surface area contributed by atoms with Gasteiger partial charge in [0.05, 0.1) is 17.8 Å². The maximum absolute atomic E-state index is 12.8. The number of fused-ring (bicyclic) bond motifs is 1. The third-order valence-corrected chi connectivity index (χ3v) is 4.41. The predicted molar refractivity (Wildman–Crippen MR) is 108 cm³/mol. The standard InChI is InChI=1S/C22H17N5O2/c23-10-12-26(22(28)18-7-4-11-24-14-18)20-8-9-21-19(13-20)15-25-27(21)29-16-17-5-2-1-3-6-17/h1-9,11,13-15H,12,16H2. The van der Waals surface area contributed by atoms with E-state index >= 15 is 0 Å². The van der Waals surface area contributed by atoms with Crippen molar-refractivity contribution in [2.24, 2.45) is 0 Å². The lowest BCUT2D eigenvalue weighted by atomic mass is 10.2. The Morgan fingerprint density at radius 2 is 1.97 bits per heavy atom. The Bertz CT molecular complexity index is 1170. The number of pyridine rings is 1. The maximum Gasteiger partial charge on any atom is 0.260 e. The number of rotatable bonds is 6. The van der Waals surface area contributed by atoms with Crippen molar-refractivity contribution in [1.82, 2.24) is 14.9 Å². The molecule has 0 radical (unpaired) electrons. The van der Waals surface area contributed by atoms with Crippen LogP contribution in [0.3, 0.4) is 0 Å². The van der Waals surface area contributed by atoms with Crippen molar-refractivity contribution < 1.29 is 9.63 Å². The van der Waals surface area contributed by atoms with Crippen molar-refractivity contribution in [2.75, 3.05) is 11.4 Å². The molecule has 0 aliphatic carbocycles. The van der Waals surface area contributed by atoms with Crippen LogP contribution in [0.15, 0.2) is 79.3 Å². The topological polar surface area (TPSA) is 84.0 Å². The summed E-state index contributed by atoms with van der Waals surface area (Å²) in [7, 11) is 0. The van der Waals surface area contributed by atoms with Gasteiger partial charge in [-0.3, -0.25) is 14.7 Å². The van der Waals surface area contributed by atoms with Crippen LogP contribution in [-0.4, -0.2) is 27.4 Å². The molecule has 7 heteroatoms. The lowest BCUT2D eigenvalue weighted by molar-refractivity contribution is 0.0795. The second kappa shape index (κ2) is 8.23. The van der Waals surface area contributed by atoms with Crippen LogP contribution < -0.4 is 9.74 Å². The lowest BCUT2D eigenvalue weighted by Gasteiger charge is -2.19. The minimum atomic E-state index is -0.285. The molecule has 2 aromatic heterocycles. The lowest BCUT2D eigenvalue weighted by Crippen LogP contribution is -2.31. The van der Waals surface area contributed by atoms with E-state index in [1.165, 1.54) is 15.9 Å². The number of nitriles is 1. The summed E-state index contributed by atoms with van der Waals surface area (Å²) in [5, 5.41) is 14.3. The van der Waals surface area contributed by atoms with Crippen molar-refractivity contribution in [2.45, 2.75) is 6.61 Å². The second-order valence-electron chi connectivity index (χ2n) is 6.31. The highest BCUT2D eigenvalue weighted by Gasteiger charge is 2.18. The van der Waals surface area contributed by atoms with Gasteiger partial charge in [-0.05, 0) is 35.9 Å². The highest BCUT2D eigenvalue weighted by atomic mass is 16.7. The smallest absolute Gasteiger partial charge is 0.260 e. The molecule has 0 fully saturated rings. The Morgan fingerprint density at radius 3 is 2.72 bits per heavy atom. The Morgan fingerprint density at radius 1 is 1.10 bits per heavy atom. The van der Waals surface area contributed by atoms with Gasteiger partial charge in [-0.15, -0.1) is 5.10 Å². The average Bonchev–Trinajstić information content (AvgIpc) is 3.19. The predicted octanol–water partition coefficient (Wildman–Crippen LogP) is 3.23. The molecule has 0 atom stereocenters. The molecule has 0 aliphatic rings. The van der Waals surface area contributed by atoms with Gasteiger partial charge in [-0.25, -0.2) is 0 Å². The molecule has 0 aliphatic heterocycles. The summed E-state index contributed by atoms with van der Waals surface area (Å²) in [4.78, 5) is 25.5. The summed E-state index contributed by atoms with van der Waals surface area (Å²) < 4.78 is 0. The number of anilines is 1. The third-order valence-electron chi connectivity index (χ3n) is 4.41. The van der Waals surface area contributed by atoms with Crippen molar-refractivity contribution in [3.8, 4) is 6.07 Å². The monoisotopic (exact) mass is 383 g/mol. The quantitative estimate of drug-likeness (QED) is 0.477. The summed E-state index contributed by atoms with van der Waals surface area (Å²) >= 11 is 0. The SMILES string of the molecule is N#CCN(C(=O)c1cccnc1)c1ccc2c(cnn2OCc2ccccc2)c1. The highest BCUT2D eigenvalue weighted by molar-refractivity contribution is 6.06. The number of carbonyl (C=O) groups excluding carboxylic acids is 1. The zero-order valence-electron chi connectivity index (χ0n) is 15.5. The van der Waals surface area contributed by atoms with Crippen LogP contribution in [0.1, 0.15) is 15.9 Å². The summed E-state index contributed by atoms with van der Waals surface area (Å²) in [6.07, 6.45) is 4.75. The fraction of sp³-hybridized carbons (Fsp3) is 0.0909. The van der Waals surface area contributed by atoms with Crippen LogP contribution >= 0.6 is 0 Å². The van der Waals surface area contributed by atoms with Crippen LogP contribution in [-0.2, 0) is 6.61 Å². The van der Waals surface area contributed by atoms with E-state index < -0.39 is 0 Å². The van der Waals surface area contributed by atoms with E-state index in [0.717, 1.165) is 16.5 Å². The van der Waals surface area contributed by atoms with Gasteiger partial charge in [0.1, 0.15) is 18.7 Å². The zero-order chi connectivity index (χ0) is 20.1. The fourth-order valence-corrected chi connectivity index (χ4v) is 2.97. The molecule has 29 heavy (non-hydrogen) atoms. The molecule has 0 N–H and O–H groups in total. The van der Waals surface area contributed by atoms with E-state index in [0.29, 0.717) is 17.9 Å². The summed E-state index contributed by atoms with van der Waals surface area (Å²) in [5.41, 5.74) is 2.84. The van der Waals surface area contributed by atoms with Crippen LogP contribution in [0.4, 0.5) is 5.69 Å². The molecule has 0 saturated carbocycles. The van der Waals surface area contributed by atoms with E-state index in [1.54, 1.807) is 30.6 Å². The molecule has 0 saturated heterocycles. The first kappa shape index (κ1) is 18.2. The first-order valence-electron chi connectivity index (χ1n) is 9.00. The first-order valence-corrected chi connectivity index (χ1v) is 9.00. The summed E-state index contributed by atoms with van der Waals surface area (Å²) in [5.74, 6) is -0.285. The van der Waals surface area contributed by atoms with Gasteiger partial charge in [-0.1, -0.05) is 35.2 Å². The first-order chi connectivity index (χ1) is 14.3. The van der Waals surface area contributed by atoms with E-state index in [-0.39, 0.29) is 12.5 Å². The Hall–Kier alpha value is -4.18. The zero-order valence-corrected chi connectivity index (χ0v) is 15.5. The van der Waals surface area contributed by atoms with Crippen molar-refractivity contribution in [3.63, 3.8) is 0 Å². The number of aromatic nitrogens is 3. The molecule has 7 nitrogen and oxygen atoms in total. The number of carbonyl (C=O) groups is 1. The normalized spacial score (nSPS) is 10.4. The van der Waals surface area contributed by atoms with Crippen molar-refractivity contribution in [1.29, 1.82) is 5.26 Å². The molecule has 4 aromatic rings. The Kier molecular flexibility index (Phi) is 5.16. The van der Waals surface area contributed by atoms with Crippen molar-refractivity contribution in [3.05, 3.63) is 90.4 Å². The maximum atomic E-state index is 12.8.